The molecule has 1 unspecified atom stereocenters. The van der Waals surface area contributed by atoms with Gasteiger partial charge in [0.15, 0.2) is 11.4 Å². The molecule has 0 spiro atoms. The van der Waals surface area contributed by atoms with E-state index in [0.29, 0.717) is 41.4 Å². The third-order valence-corrected chi connectivity index (χ3v) is 6.58. The number of alkyl halides is 2. The van der Waals surface area contributed by atoms with Crippen molar-refractivity contribution in [3.63, 3.8) is 0 Å². The van der Waals surface area contributed by atoms with Gasteiger partial charge in [0.1, 0.15) is 24.0 Å². The van der Waals surface area contributed by atoms with Gasteiger partial charge in [0, 0.05) is 44.7 Å². The Kier molecular flexibility index (Phi) is 6.17. The summed E-state index contributed by atoms with van der Waals surface area (Å²) in [6.45, 7) is -0.0932. The zero-order valence-electron chi connectivity index (χ0n) is 20.9. The number of amides is 1. The molecule has 0 bridgehead atoms. The summed E-state index contributed by atoms with van der Waals surface area (Å²) in [7, 11) is 1.66. The van der Waals surface area contributed by atoms with E-state index in [9.17, 15) is 18.7 Å². The van der Waals surface area contributed by atoms with Crippen LogP contribution in [0.15, 0.2) is 49.1 Å². The monoisotopic (exact) mass is 537 g/mol. The predicted molar refractivity (Wildman–Crippen MR) is 134 cm³/mol. The molecule has 2 N–H and O–H groups in total. The standard InChI is InChI=1S/C25H25F2N9O3/c1-34-11-7-25(38,23(34)37)15-4-8-28-18(12-15)17-6-10-36(32-17)21-5-9-29-24(31-21)30-19-13-35(14-20(26)27)33-22(19)39-16-2-3-16/h4-6,8-10,12-13,16,20,38H,2-3,7,11,14H2,1H3,(H,29,30,31). The van der Waals surface area contributed by atoms with E-state index in [1.54, 1.807) is 37.5 Å². The summed E-state index contributed by atoms with van der Waals surface area (Å²) in [5.74, 6) is 0.503. The molecule has 1 atom stereocenters. The van der Waals surface area contributed by atoms with Crippen LogP contribution >= 0.6 is 0 Å². The lowest BCUT2D eigenvalue weighted by atomic mass is 9.92. The summed E-state index contributed by atoms with van der Waals surface area (Å²) in [5, 5.41) is 22.7. The number of likely N-dealkylation sites (tertiary alicyclic amines) is 1. The molecule has 0 radical (unpaired) electrons. The molecule has 4 aromatic heterocycles. The summed E-state index contributed by atoms with van der Waals surface area (Å²) in [6.07, 6.45) is 5.74. The van der Waals surface area contributed by atoms with E-state index in [-0.39, 0.29) is 23.8 Å². The Labute approximate surface area is 221 Å². The topological polar surface area (TPSA) is 136 Å². The van der Waals surface area contributed by atoms with Crippen molar-refractivity contribution in [3.8, 4) is 23.1 Å². The second-order valence-electron chi connectivity index (χ2n) is 9.55. The highest BCUT2D eigenvalue weighted by atomic mass is 19.3. The first-order valence-electron chi connectivity index (χ1n) is 12.4. The highest BCUT2D eigenvalue weighted by Gasteiger charge is 2.45. The van der Waals surface area contributed by atoms with Crippen LogP contribution in [0.4, 0.5) is 20.4 Å². The number of carbonyl (C=O) groups is 1. The fourth-order valence-corrected chi connectivity index (χ4v) is 4.35. The van der Waals surface area contributed by atoms with Crippen LogP contribution in [0, 0.1) is 0 Å². The molecule has 1 aliphatic carbocycles. The number of likely N-dealkylation sites (N-methyl/N-ethyl adjacent to an activating group) is 1. The number of anilines is 2. The van der Waals surface area contributed by atoms with Crippen molar-refractivity contribution in [1.29, 1.82) is 0 Å². The summed E-state index contributed by atoms with van der Waals surface area (Å²) < 4.78 is 34.2. The molecule has 6 rings (SSSR count). The maximum atomic E-state index is 12.9. The Morgan fingerprint density at radius 3 is 2.74 bits per heavy atom. The Balaban J connectivity index is 1.23. The molecule has 1 amide bonds. The Hall–Kier alpha value is -4.46. The smallest absolute Gasteiger partial charge is 0.258 e. The van der Waals surface area contributed by atoms with Gasteiger partial charge in [-0.25, -0.2) is 18.4 Å². The van der Waals surface area contributed by atoms with Gasteiger partial charge in [0.2, 0.25) is 5.95 Å². The number of nitrogens with one attached hydrogen (secondary N) is 1. The van der Waals surface area contributed by atoms with Crippen molar-refractivity contribution >= 4 is 17.5 Å². The summed E-state index contributed by atoms with van der Waals surface area (Å²) in [6, 6.07) is 6.69. The van der Waals surface area contributed by atoms with Gasteiger partial charge in [0.25, 0.3) is 18.2 Å². The first-order valence-corrected chi connectivity index (χ1v) is 12.4. The van der Waals surface area contributed by atoms with Gasteiger partial charge in [0.05, 0.1) is 11.9 Å². The first-order chi connectivity index (χ1) is 18.8. The number of aromatic nitrogens is 7. The Morgan fingerprint density at radius 1 is 1.18 bits per heavy atom. The molecule has 1 saturated carbocycles. The fraction of sp³-hybridized carbons (Fsp3) is 0.360. The molecule has 2 aliphatic rings. The molecule has 5 heterocycles. The van der Waals surface area contributed by atoms with Gasteiger partial charge in [-0.15, -0.1) is 5.10 Å². The highest BCUT2D eigenvalue weighted by Crippen LogP contribution is 2.34. The van der Waals surface area contributed by atoms with Crippen LogP contribution in [0.25, 0.3) is 17.2 Å². The fourth-order valence-electron chi connectivity index (χ4n) is 4.35. The van der Waals surface area contributed by atoms with E-state index >= 15 is 0 Å². The molecular formula is C25H25F2N9O3. The van der Waals surface area contributed by atoms with Crippen LogP contribution < -0.4 is 10.1 Å². The van der Waals surface area contributed by atoms with Crippen LogP contribution in [0.2, 0.25) is 0 Å². The van der Waals surface area contributed by atoms with Crippen LogP contribution in [0.1, 0.15) is 24.8 Å². The third-order valence-electron chi connectivity index (χ3n) is 6.58. The number of hydrogen-bond acceptors (Lipinski definition) is 9. The minimum absolute atomic E-state index is 0.0238. The average Bonchev–Trinajstić information content (AvgIpc) is 3.35. The number of hydrogen-bond donors (Lipinski definition) is 2. The lowest BCUT2D eigenvalue weighted by Gasteiger charge is -2.21. The zero-order valence-corrected chi connectivity index (χ0v) is 20.9. The van der Waals surface area contributed by atoms with E-state index in [1.165, 1.54) is 28.2 Å². The molecule has 2 fully saturated rings. The van der Waals surface area contributed by atoms with Crippen LogP contribution in [0.3, 0.4) is 0 Å². The summed E-state index contributed by atoms with van der Waals surface area (Å²) in [4.78, 5) is 27.1. The molecule has 1 saturated heterocycles. The zero-order chi connectivity index (χ0) is 27.1. The predicted octanol–water partition coefficient (Wildman–Crippen LogP) is 2.52. The van der Waals surface area contributed by atoms with Gasteiger partial charge in [-0.3, -0.25) is 14.5 Å². The van der Waals surface area contributed by atoms with Crippen LogP contribution in [0.5, 0.6) is 5.88 Å². The summed E-state index contributed by atoms with van der Waals surface area (Å²) in [5.41, 5.74) is 0.255. The first kappa shape index (κ1) is 24.9. The van der Waals surface area contributed by atoms with E-state index in [1.807, 2.05) is 0 Å². The summed E-state index contributed by atoms with van der Waals surface area (Å²) >= 11 is 0. The van der Waals surface area contributed by atoms with E-state index in [2.05, 4.69) is 30.5 Å². The largest absolute Gasteiger partial charge is 0.472 e. The van der Waals surface area contributed by atoms with E-state index in [4.69, 9.17) is 4.74 Å². The molecular weight excluding hydrogens is 512 g/mol. The highest BCUT2D eigenvalue weighted by molar-refractivity contribution is 5.88. The second kappa shape index (κ2) is 9.69. The number of pyridine rings is 1. The Morgan fingerprint density at radius 2 is 2.00 bits per heavy atom. The number of ether oxygens (including phenoxy) is 1. The average molecular weight is 538 g/mol. The number of nitrogens with zero attached hydrogens (tertiary/aromatic N) is 8. The number of halogens is 2. The lowest BCUT2D eigenvalue weighted by Crippen LogP contribution is -2.36. The molecule has 12 nitrogen and oxygen atoms in total. The van der Waals surface area contributed by atoms with Crippen molar-refractivity contribution in [2.75, 3.05) is 18.9 Å². The maximum Gasteiger partial charge on any atom is 0.258 e. The van der Waals surface area contributed by atoms with Crippen molar-refractivity contribution in [2.24, 2.45) is 0 Å². The van der Waals surface area contributed by atoms with Gasteiger partial charge in [-0.2, -0.15) is 10.1 Å². The van der Waals surface area contributed by atoms with Crippen LogP contribution in [-0.2, 0) is 16.9 Å². The molecule has 39 heavy (non-hydrogen) atoms. The van der Waals surface area contributed by atoms with Crippen molar-refractivity contribution in [2.45, 2.75) is 43.9 Å². The number of aliphatic hydroxyl groups is 1. The van der Waals surface area contributed by atoms with E-state index < -0.39 is 18.6 Å². The van der Waals surface area contributed by atoms with Gasteiger partial charge < -0.3 is 20.1 Å². The van der Waals surface area contributed by atoms with Crippen molar-refractivity contribution in [1.82, 2.24) is 39.4 Å². The van der Waals surface area contributed by atoms with Crippen LogP contribution in [-0.4, -0.2) is 76.5 Å². The second-order valence-corrected chi connectivity index (χ2v) is 9.55. The normalized spacial score (nSPS) is 19.2. The minimum Gasteiger partial charge on any atom is -0.472 e. The molecule has 1 aliphatic heterocycles. The van der Waals surface area contributed by atoms with E-state index in [0.717, 1.165) is 17.5 Å². The van der Waals surface area contributed by atoms with Gasteiger partial charge in [-0.1, -0.05) is 0 Å². The van der Waals surface area contributed by atoms with Gasteiger partial charge >= 0.3 is 0 Å². The maximum absolute atomic E-state index is 12.9. The molecule has 0 aromatic carbocycles. The molecule has 14 heteroatoms. The Bertz CT molecular complexity index is 1520. The quantitative estimate of drug-likeness (QED) is 0.330. The molecule has 202 valence electrons. The molecule has 4 aromatic rings. The van der Waals surface area contributed by atoms with Gasteiger partial charge in [-0.05, 0) is 36.6 Å². The van der Waals surface area contributed by atoms with Crippen molar-refractivity contribution in [3.05, 3.63) is 54.6 Å². The third kappa shape index (κ3) is 5.02. The number of carbonyl (C=O) groups excluding carboxylic acids is 1. The van der Waals surface area contributed by atoms with Crippen molar-refractivity contribution < 1.29 is 23.4 Å². The lowest BCUT2D eigenvalue weighted by molar-refractivity contribution is -0.143. The SMILES string of the molecule is CN1CCC(O)(c2ccnc(-c3ccn(-c4ccnc(Nc5cn(CC(F)F)nc5OC5CC5)n4)n3)c2)C1=O. The minimum atomic E-state index is -2.56. The number of rotatable bonds is 9.